The van der Waals surface area contributed by atoms with E-state index in [1.54, 1.807) is 51.1 Å². The molecule has 2 aromatic carbocycles. The summed E-state index contributed by atoms with van der Waals surface area (Å²) in [6.45, 7) is 5.39. The lowest BCUT2D eigenvalue weighted by atomic mass is 10.1. The Morgan fingerprint density at radius 1 is 1.09 bits per heavy atom. The van der Waals surface area contributed by atoms with Crippen molar-refractivity contribution in [1.82, 2.24) is 9.55 Å². The Labute approximate surface area is 132 Å². The highest BCUT2D eigenvalue weighted by molar-refractivity contribution is 6.31. The number of halogens is 1. The first kappa shape index (κ1) is 14.6. The van der Waals surface area contributed by atoms with Crippen LogP contribution >= 0.6 is 11.6 Å². The van der Waals surface area contributed by atoms with Gasteiger partial charge in [-0.1, -0.05) is 11.6 Å². The van der Waals surface area contributed by atoms with Crippen molar-refractivity contribution in [2.24, 2.45) is 0 Å². The van der Waals surface area contributed by atoms with Crippen LogP contribution in [0, 0.1) is 20.8 Å². The zero-order valence-electron chi connectivity index (χ0n) is 12.5. The Balaban J connectivity index is 2.38. The number of aromatic nitrogens is 2. The van der Waals surface area contributed by atoms with Crippen molar-refractivity contribution in [1.29, 1.82) is 0 Å². The van der Waals surface area contributed by atoms with Crippen LogP contribution in [0.3, 0.4) is 0 Å². The summed E-state index contributed by atoms with van der Waals surface area (Å²) in [6, 6.07) is 8.63. The van der Waals surface area contributed by atoms with Crippen LogP contribution in [0.4, 0.5) is 0 Å². The lowest BCUT2D eigenvalue weighted by Gasteiger charge is -2.13. The van der Waals surface area contributed by atoms with Crippen LogP contribution in [0.1, 0.15) is 17.0 Å². The quantitative estimate of drug-likeness (QED) is 0.745. The summed E-state index contributed by atoms with van der Waals surface area (Å²) < 4.78 is 1.54. The molecule has 112 valence electrons. The maximum atomic E-state index is 12.8. The van der Waals surface area contributed by atoms with Crippen molar-refractivity contribution >= 4 is 22.5 Å². The first-order valence-electron chi connectivity index (χ1n) is 6.88. The van der Waals surface area contributed by atoms with Crippen molar-refractivity contribution in [3.63, 3.8) is 0 Å². The Kier molecular flexibility index (Phi) is 3.41. The molecule has 22 heavy (non-hydrogen) atoms. The van der Waals surface area contributed by atoms with Gasteiger partial charge in [0.2, 0.25) is 0 Å². The molecule has 0 fully saturated rings. The lowest BCUT2D eigenvalue weighted by molar-refractivity contribution is 0.466. The smallest absolute Gasteiger partial charge is 0.266 e. The number of aryl methyl sites for hydroxylation is 3. The largest absolute Gasteiger partial charge is 0.507 e. The Bertz CT molecular complexity index is 938. The fourth-order valence-electron chi connectivity index (χ4n) is 2.64. The molecular weight excluding hydrogens is 300 g/mol. The van der Waals surface area contributed by atoms with Gasteiger partial charge in [-0.3, -0.25) is 9.36 Å². The second-order valence-electron chi connectivity index (χ2n) is 5.39. The maximum Gasteiger partial charge on any atom is 0.266 e. The second-order valence-corrected chi connectivity index (χ2v) is 5.83. The summed E-state index contributed by atoms with van der Waals surface area (Å²) in [5.41, 5.74) is 2.56. The molecule has 5 heteroatoms. The fraction of sp³-hybridized carbons (Fsp3) is 0.176. The van der Waals surface area contributed by atoms with E-state index in [4.69, 9.17) is 11.6 Å². The van der Waals surface area contributed by atoms with Gasteiger partial charge in [0, 0.05) is 5.02 Å². The van der Waals surface area contributed by atoms with E-state index in [0.717, 1.165) is 0 Å². The van der Waals surface area contributed by atoms with E-state index in [1.165, 1.54) is 4.57 Å². The second kappa shape index (κ2) is 5.14. The third-order valence-corrected chi connectivity index (χ3v) is 3.97. The molecule has 0 amide bonds. The molecule has 0 saturated heterocycles. The molecule has 0 aliphatic heterocycles. The highest BCUT2D eigenvalue weighted by Gasteiger charge is 2.12. The van der Waals surface area contributed by atoms with Gasteiger partial charge < -0.3 is 5.11 Å². The summed E-state index contributed by atoms with van der Waals surface area (Å²) in [5.74, 6) is 0.829. The molecule has 0 atom stereocenters. The van der Waals surface area contributed by atoms with Crippen LogP contribution < -0.4 is 5.56 Å². The lowest BCUT2D eigenvalue weighted by Crippen LogP contribution is -2.22. The van der Waals surface area contributed by atoms with Crippen molar-refractivity contribution in [3.05, 3.63) is 62.7 Å². The first-order valence-corrected chi connectivity index (χ1v) is 7.26. The van der Waals surface area contributed by atoms with E-state index >= 15 is 0 Å². The Morgan fingerprint density at radius 3 is 2.36 bits per heavy atom. The molecule has 1 N–H and O–H groups in total. The molecule has 4 nitrogen and oxygen atoms in total. The van der Waals surface area contributed by atoms with Gasteiger partial charge in [0.1, 0.15) is 11.6 Å². The molecule has 0 radical (unpaired) electrons. The van der Waals surface area contributed by atoms with Gasteiger partial charge in [0.15, 0.2) is 0 Å². The van der Waals surface area contributed by atoms with Crippen LogP contribution in [0.15, 0.2) is 35.1 Å². The number of hydrogen-bond acceptors (Lipinski definition) is 3. The number of aromatic hydroxyl groups is 1. The standard InChI is InChI=1S/C17H15ClN2O2/c1-9-6-13(7-10(2)16(9)21)20-11(3)19-15-5-4-12(18)8-14(15)17(20)22/h4-8,21H,1-3H3. The normalized spacial score (nSPS) is 11.1. The van der Waals surface area contributed by atoms with E-state index in [9.17, 15) is 9.90 Å². The summed E-state index contributed by atoms with van der Waals surface area (Å²) >= 11 is 5.99. The predicted octanol–water partition coefficient (Wildman–Crippen LogP) is 3.67. The molecule has 3 aromatic rings. The zero-order valence-corrected chi connectivity index (χ0v) is 13.3. The average Bonchev–Trinajstić information content (AvgIpc) is 2.45. The average molecular weight is 315 g/mol. The van der Waals surface area contributed by atoms with E-state index in [-0.39, 0.29) is 11.3 Å². The predicted molar refractivity (Wildman–Crippen MR) is 88.2 cm³/mol. The number of phenols is 1. The zero-order chi connectivity index (χ0) is 16.0. The topological polar surface area (TPSA) is 55.1 Å². The third kappa shape index (κ3) is 2.25. The number of nitrogens with zero attached hydrogens (tertiary/aromatic N) is 2. The van der Waals surface area contributed by atoms with Gasteiger partial charge in [-0.2, -0.15) is 0 Å². The number of rotatable bonds is 1. The van der Waals surface area contributed by atoms with Crippen LogP contribution in [-0.2, 0) is 0 Å². The highest BCUT2D eigenvalue weighted by Crippen LogP contribution is 2.25. The number of benzene rings is 2. The van der Waals surface area contributed by atoms with Crippen LogP contribution in [0.2, 0.25) is 5.02 Å². The fourth-order valence-corrected chi connectivity index (χ4v) is 2.81. The van der Waals surface area contributed by atoms with E-state index < -0.39 is 0 Å². The van der Waals surface area contributed by atoms with Crippen LogP contribution in [-0.4, -0.2) is 14.7 Å². The van der Waals surface area contributed by atoms with E-state index in [2.05, 4.69) is 4.98 Å². The van der Waals surface area contributed by atoms with Gasteiger partial charge in [-0.25, -0.2) is 4.98 Å². The first-order chi connectivity index (χ1) is 10.4. The number of hydrogen-bond donors (Lipinski definition) is 1. The SMILES string of the molecule is Cc1cc(-n2c(C)nc3ccc(Cl)cc3c2=O)cc(C)c1O. The van der Waals surface area contributed by atoms with Crippen LogP contribution in [0.5, 0.6) is 5.75 Å². The maximum absolute atomic E-state index is 12.8. The minimum absolute atomic E-state index is 0.172. The molecule has 1 aromatic heterocycles. The van der Waals surface area contributed by atoms with Crippen molar-refractivity contribution < 1.29 is 5.11 Å². The van der Waals surface area contributed by atoms with E-state index in [1.807, 2.05) is 0 Å². The summed E-state index contributed by atoms with van der Waals surface area (Å²) in [5, 5.41) is 10.9. The van der Waals surface area contributed by atoms with Gasteiger partial charge in [0.25, 0.3) is 5.56 Å². The van der Waals surface area contributed by atoms with Gasteiger partial charge in [-0.15, -0.1) is 0 Å². The van der Waals surface area contributed by atoms with Crippen molar-refractivity contribution in [2.75, 3.05) is 0 Å². The number of phenolic OH excluding ortho intramolecular Hbond substituents is 1. The summed E-state index contributed by atoms with van der Waals surface area (Å²) in [4.78, 5) is 17.3. The van der Waals surface area contributed by atoms with E-state index in [0.29, 0.717) is 38.6 Å². The minimum atomic E-state index is -0.172. The molecule has 0 bridgehead atoms. The summed E-state index contributed by atoms with van der Waals surface area (Å²) in [7, 11) is 0. The molecule has 0 spiro atoms. The van der Waals surface area contributed by atoms with Crippen molar-refractivity contribution in [3.8, 4) is 11.4 Å². The number of fused-ring (bicyclic) bond motifs is 1. The van der Waals surface area contributed by atoms with Crippen molar-refractivity contribution in [2.45, 2.75) is 20.8 Å². The summed E-state index contributed by atoms with van der Waals surface area (Å²) in [6.07, 6.45) is 0. The Morgan fingerprint density at radius 2 is 1.73 bits per heavy atom. The van der Waals surface area contributed by atoms with Gasteiger partial charge in [0.05, 0.1) is 16.6 Å². The molecular formula is C17H15ClN2O2. The molecule has 1 heterocycles. The molecule has 0 saturated carbocycles. The monoisotopic (exact) mass is 314 g/mol. The third-order valence-electron chi connectivity index (χ3n) is 3.73. The molecule has 0 aliphatic carbocycles. The van der Waals surface area contributed by atoms with Crippen LogP contribution in [0.25, 0.3) is 16.6 Å². The Hall–Kier alpha value is -2.33. The van der Waals surface area contributed by atoms with Gasteiger partial charge in [-0.05, 0) is 62.2 Å². The molecule has 0 unspecified atom stereocenters. The minimum Gasteiger partial charge on any atom is -0.507 e. The molecule has 0 aliphatic rings. The highest BCUT2D eigenvalue weighted by atomic mass is 35.5. The van der Waals surface area contributed by atoms with Gasteiger partial charge >= 0.3 is 0 Å². The molecule has 3 rings (SSSR count).